The number of carbonyl (C=O) groups excluding carboxylic acids is 2. The Bertz CT molecular complexity index is 1920. The number of nitrogens with zero attached hydrogens (tertiary/aromatic N) is 2. The van der Waals surface area contributed by atoms with Crippen molar-refractivity contribution in [1.82, 2.24) is 8.61 Å². The molecule has 2 aliphatic heterocycles. The van der Waals surface area contributed by atoms with Crippen molar-refractivity contribution < 1.29 is 26.4 Å². The highest BCUT2D eigenvalue weighted by molar-refractivity contribution is 7.89. The van der Waals surface area contributed by atoms with Crippen molar-refractivity contribution in [1.29, 1.82) is 0 Å². The molecule has 0 unspecified atom stereocenters. The molecule has 0 saturated carbocycles. The van der Waals surface area contributed by atoms with Crippen molar-refractivity contribution in [3.63, 3.8) is 0 Å². The molecule has 7 rings (SSSR count). The van der Waals surface area contributed by atoms with Crippen LogP contribution in [-0.4, -0.2) is 63.2 Å². The number of rotatable bonds is 8. The fourth-order valence-electron chi connectivity index (χ4n) is 7.33. The Labute approximate surface area is 282 Å². The number of fused-ring (bicyclic) bond motifs is 2. The average Bonchev–Trinajstić information content (AvgIpc) is 3.11. The molecule has 4 aromatic carbocycles. The summed E-state index contributed by atoms with van der Waals surface area (Å²) < 4.78 is 57.7. The van der Waals surface area contributed by atoms with E-state index in [2.05, 4.69) is 24.3 Å². The maximum absolute atomic E-state index is 13.8. The topological polar surface area (TPSA) is 109 Å². The van der Waals surface area contributed by atoms with E-state index < -0.39 is 31.6 Å². The van der Waals surface area contributed by atoms with Gasteiger partial charge in [0.2, 0.25) is 20.0 Å². The van der Waals surface area contributed by atoms with E-state index in [1.165, 1.54) is 56.1 Å². The van der Waals surface area contributed by atoms with Gasteiger partial charge in [0.25, 0.3) is 0 Å². The van der Waals surface area contributed by atoms with Gasteiger partial charge in [-0.15, -0.1) is 0 Å². The molecule has 2 saturated heterocycles. The zero-order valence-corrected chi connectivity index (χ0v) is 28.3. The van der Waals surface area contributed by atoms with Crippen molar-refractivity contribution in [3.05, 3.63) is 130 Å². The largest absolute Gasteiger partial charge is 0.289 e. The van der Waals surface area contributed by atoms with E-state index in [-0.39, 0.29) is 32.0 Å². The van der Waals surface area contributed by atoms with E-state index in [1.54, 1.807) is 0 Å². The van der Waals surface area contributed by atoms with Gasteiger partial charge < -0.3 is 0 Å². The number of piperidine rings is 2. The van der Waals surface area contributed by atoms with Crippen LogP contribution in [0.2, 0.25) is 0 Å². The normalized spacial score (nSPS) is 18.4. The molecule has 0 amide bonds. The van der Waals surface area contributed by atoms with Crippen molar-refractivity contribution >= 4 is 31.6 Å². The second-order valence-electron chi connectivity index (χ2n) is 13.1. The number of sulfonamides is 2. The van der Waals surface area contributed by atoms with Gasteiger partial charge in [0.15, 0.2) is 11.6 Å². The first-order valence-corrected chi connectivity index (χ1v) is 19.4. The minimum atomic E-state index is -3.91. The lowest BCUT2D eigenvalue weighted by Gasteiger charge is -2.32. The molecule has 2 fully saturated rings. The lowest BCUT2D eigenvalue weighted by atomic mass is 9.84. The molecule has 0 N–H and O–H groups in total. The highest BCUT2D eigenvalue weighted by Gasteiger charge is 2.36. The molecular formula is C38H38N2O6S2. The zero-order valence-electron chi connectivity index (χ0n) is 26.6. The molecule has 3 aliphatic rings. The highest BCUT2D eigenvalue weighted by Crippen LogP contribution is 2.34. The standard InChI is InChI=1S/C38H38N2O6S2/c41-37-33-13-11-31(47(43,44)39-19-15-29(16-20-39)23-27-7-3-1-4-8-27)25-35(33)38(42)36-26-32(12-14-34(36)37)48(45,46)40-21-17-30(18-22-40)24-28-9-5-2-6-10-28/h1-14,25-26,29-30H,15-24H2. The predicted molar refractivity (Wildman–Crippen MR) is 183 cm³/mol. The van der Waals surface area contributed by atoms with E-state index in [9.17, 15) is 26.4 Å². The number of ketones is 2. The number of benzene rings is 4. The molecule has 0 spiro atoms. The van der Waals surface area contributed by atoms with Crippen LogP contribution >= 0.6 is 0 Å². The van der Waals surface area contributed by atoms with Crippen LogP contribution in [0.25, 0.3) is 0 Å². The summed E-state index contributed by atoms with van der Waals surface area (Å²) in [7, 11) is -7.83. The molecular weight excluding hydrogens is 645 g/mol. The highest BCUT2D eigenvalue weighted by atomic mass is 32.2. The second-order valence-corrected chi connectivity index (χ2v) is 17.0. The van der Waals surface area contributed by atoms with E-state index >= 15 is 0 Å². The van der Waals surface area contributed by atoms with Gasteiger partial charge in [-0.2, -0.15) is 8.61 Å². The summed E-state index contributed by atoms with van der Waals surface area (Å²) in [5, 5.41) is 0. The minimum absolute atomic E-state index is 0.0242. The summed E-state index contributed by atoms with van der Waals surface area (Å²) in [4.78, 5) is 27.2. The summed E-state index contributed by atoms with van der Waals surface area (Å²) in [5.74, 6) is -0.235. The third-order valence-corrected chi connectivity index (χ3v) is 13.9. The molecule has 0 bridgehead atoms. The van der Waals surface area contributed by atoms with Gasteiger partial charge in [0, 0.05) is 48.4 Å². The molecule has 8 nitrogen and oxygen atoms in total. The molecule has 2 heterocycles. The van der Waals surface area contributed by atoms with Gasteiger partial charge in [-0.05, 0) is 97.9 Å². The lowest BCUT2D eigenvalue weighted by molar-refractivity contribution is 0.0978. The first-order chi connectivity index (χ1) is 23.1. The third-order valence-electron chi connectivity index (χ3n) is 10.1. The summed E-state index contributed by atoms with van der Waals surface area (Å²) >= 11 is 0. The Morgan fingerprint density at radius 3 is 1.21 bits per heavy atom. The van der Waals surface area contributed by atoms with Crippen molar-refractivity contribution in [3.8, 4) is 0 Å². The van der Waals surface area contributed by atoms with E-state index in [1.807, 2.05) is 36.4 Å². The Morgan fingerprint density at radius 1 is 0.479 bits per heavy atom. The second kappa shape index (κ2) is 13.2. The van der Waals surface area contributed by atoms with Gasteiger partial charge in [-0.1, -0.05) is 60.7 Å². The zero-order chi connectivity index (χ0) is 33.5. The van der Waals surface area contributed by atoms with Crippen LogP contribution in [0.1, 0.15) is 68.7 Å². The molecule has 1 aliphatic carbocycles. The summed E-state index contributed by atoms with van der Waals surface area (Å²) in [6, 6.07) is 28.5. The maximum atomic E-state index is 13.8. The Kier molecular flexibility index (Phi) is 8.93. The molecule has 0 atom stereocenters. The maximum Gasteiger partial charge on any atom is 0.243 e. The van der Waals surface area contributed by atoms with Crippen molar-refractivity contribution in [2.45, 2.75) is 48.3 Å². The number of carbonyl (C=O) groups is 2. The summed E-state index contributed by atoms with van der Waals surface area (Å²) in [6.45, 7) is 1.49. The first-order valence-electron chi connectivity index (χ1n) is 16.6. The third kappa shape index (κ3) is 6.30. The summed E-state index contributed by atoms with van der Waals surface area (Å²) in [6.07, 6.45) is 4.71. The van der Waals surface area contributed by atoms with E-state index in [0.29, 0.717) is 38.0 Å². The van der Waals surface area contributed by atoms with Crippen molar-refractivity contribution in [2.75, 3.05) is 26.2 Å². The van der Waals surface area contributed by atoms with Crippen LogP contribution in [0.4, 0.5) is 0 Å². The van der Waals surface area contributed by atoms with Crippen LogP contribution in [0.5, 0.6) is 0 Å². The smallest absolute Gasteiger partial charge is 0.243 e. The quantitative estimate of drug-likeness (QED) is 0.206. The van der Waals surface area contributed by atoms with E-state index in [0.717, 1.165) is 38.5 Å². The van der Waals surface area contributed by atoms with Crippen LogP contribution < -0.4 is 0 Å². The fraction of sp³-hybridized carbons (Fsp3) is 0.316. The molecule has 4 aromatic rings. The Morgan fingerprint density at radius 2 is 0.833 bits per heavy atom. The number of hydrogen-bond acceptors (Lipinski definition) is 6. The average molecular weight is 683 g/mol. The number of hydrogen-bond donors (Lipinski definition) is 0. The monoisotopic (exact) mass is 682 g/mol. The van der Waals surface area contributed by atoms with Gasteiger partial charge >= 0.3 is 0 Å². The summed E-state index contributed by atoms with van der Waals surface area (Å²) in [5.41, 5.74) is 2.65. The predicted octanol–water partition coefficient (Wildman–Crippen LogP) is 5.75. The molecule has 10 heteroatoms. The van der Waals surface area contributed by atoms with Crippen LogP contribution in [0.15, 0.2) is 107 Å². The molecule has 48 heavy (non-hydrogen) atoms. The molecule has 0 aromatic heterocycles. The van der Waals surface area contributed by atoms with Gasteiger partial charge in [0.1, 0.15) is 0 Å². The lowest BCUT2D eigenvalue weighted by Crippen LogP contribution is -2.39. The van der Waals surface area contributed by atoms with Gasteiger partial charge in [-0.25, -0.2) is 16.8 Å². The van der Waals surface area contributed by atoms with Crippen molar-refractivity contribution in [2.24, 2.45) is 11.8 Å². The molecule has 248 valence electrons. The van der Waals surface area contributed by atoms with Crippen LogP contribution in [0.3, 0.4) is 0 Å². The fourth-order valence-corrected chi connectivity index (χ4v) is 10.3. The Hall–Kier alpha value is -3.96. The minimum Gasteiger partial charge on any atom is -0.289 e. The Balaban J connectivity index is 1.07. The SMILES string of the molecule is O=C1c2ccc(S(=O)(=O)N3CCC(Cc4ccccc4)CC3)cc2C(=O)c2cc(S(=O)(=O)N3CCC(Cc4ccccc4)CC3)ccc21. The van der Waals surface area contributed by atoms with Gasteiger partial charge in [0.05, 0.1) is 9.79 Å². The van der Waals surface area contributed by atoms with E-state index in [4.69, 9.17) is 0 Å². The molecule has 0 radical (unpaired) electrons. The first kappa shape index (κ1) is 32.6. The van der Waals surface area contributed by atoms with Crippen LogP contribution in [-0.2, 0) is 32.9 Å². The van der Waals surface area contributed by atoms with Crippen LogP contribution in [0, 0.1) is 11.8 Å². The van der Waals surface area contributed by atoms with Gasteiger partial charge in [-0.3, -0.25) is 9.59 Å².